The first-order valence-corrected chi connectivity index (χ1v) is 6.03. The van der Waals surface area contributed by atoms with Crippen molar-refractivity contribution < 1.29 is 23.4 Å². The summed E-state index contributed by atoms with van der Waals surface area (Å²) < 4.78 is 29.7. The molecule has 4 nitrogen and oxygen atoms in total. The lowest BCUT2D eigenvalue weighted by Gasteiger charge is -2.21. The largest absolute Gasteiger partial charge is 0.507 e. The number of methoxy groups -OCH3 is 1. The summed E-state index contributed by atoms with van der Waals surface area (Å²) in [6, 6.07) is 4.03. The van der Waals surface area contributed by atoms with Crippen LogP contribution >= 0.6 is 11.6 Å². The van der Waals surface area contributed by atoms with Crippen molar-refractivity contribution in [3.8, 4) is 11.5 Å². The molecule has 0 aliphatic rings. The predicted molar refractivity (Wildman–Crippen MR) is 67.3 cm³/mol. The molecule has 0 saturated heterocycles. The molecular weight excluding hydrogens is 280 g/mol. The molecule has 0 unspecified atom stereocenters. The van der Waals surface area contributed by atoms with E-state index in [1.54, 1.807) is 0 Å². The van der Waals surface area contributed by atoms with Crippen molar-refractivity contribution in [2.45, 2.75) is 6.43 Å². The number of aromatic hydroxyl groups is 1. The molecule has 0 bridgehead atoms. The summed E-state index contributed by atoms with van der Waals surface area (Å²) in [7, 11) is 1.40. The van der Waals surface area contributed by atoms with Gasteiger partial charge in [-0.05, 0) is 18.2 Å². The molecule has 7 heteroatoms. The van der Waals surface area contributed by atoms with Crippen LogP contribution in [0.3, 0.4) is 0 Å². The van der Waals surface area contributed by atoms with Gasteiger partial charge in [-0.25, -0.2) is 8.78 Å². The van der Waals surface area contributed by atoms with E-state index in [-0.39, 0.29) is 23.7 Å². The van der Waals surface area contributed by atoms with Crippen molar-refractivity contribution in [3.05, 3.63) is 23.8 Å². The first-order valence-electron chi connectivity index (χ1n) is 5.50. The van der Waals surface area contributed by atoms with Crippen LogP contribution in [0.5, 0.6) is 11.5 Å². The molecule has 106 valence electrons. The number of nitrogens with zero attached hydrogens (tertiary/aromatic N) is 1. The Bertz CT molecular complexity index is 443. The molecule has 0 atom stereocenters. The van der Waals surface area contributed by atoms with Crippen LogP contribution in [-0.2, 0) is 0 Å². The highest BCUT2D eigenvalue weighted by atomic mass is 35.5. The number of halogens is 3. The Labute approximate surface area is 114 Å². The molecule has 1 aromatic carbocycles. The zero-order valence-electron chi connectivity index (χ0n) is 10.3. The third-order valence-corrected chi connectivity index (χ3v) is 2.60. The molecule has 0 aliphatic carbocycles. The van der Waals surface area contributed by atoms with Crippen molar-refractivity contribution in [2.24, 2.45) is 0 Å². The molecule has 0 radical (unpaired) electrons. The monoisotopic (exact) mass is 293 g/mol. The van der Waals surface area contributed by atoms with Gasteiger partial charge < -0.3 is 14.7 Å². The molecule has 0 heterocycles. The van der Waals surface area contributed by atoms with Gasteiger partial charge in [0.15, 0.2) is 0 Å². The third-order valence-electron chi connectivity index (χ3n) is 2.43. The van der Waals surface area contributed by atoms with Gasteiger partial charge in [-0.2, -0.15) is 0 Å². The Hall–Kier alpha value is -1.56. The Kier molecular flexibility index (Phi) is 5.82. The van der Waals surface area contributed by atoms with Gasteiger partial charge in [-0.1, -0.05) is 0 Å². The zero-order valence-corrected chi connectivity index (χ0v) is 11.0. The summed E-state index contributed by atoms with van der Waals surface area (Å²) in [4.78, 5) is 13.0. The average Bonchev–Trinajstić information content (AvgIpc) is 2.37. The SMILES string of the molecule is COc1ccc(O)c(C(=O)N(CCCl)CC(F)F)c1. The van der Waals surface area contributed by atoms with Crippen molar-refractivity contribution in [1.29, 1.82) is 0 Å². The summed E-state index contributed by atoms with van der Waals surface area (Å²) in [5.74, 6) is -0.621. The van der Waals surface area contributed by atoms with Crippen LogP contribution in [0.15, 0.2) is 18.2 Å². The van der Waals surface area contributed by atoms with Crippen LogP contribution in [0, 0.1) is 0 Å². The molecule has 19 heavy (non-hydrogen) atoms. The van der Waals surface area contributed by atoms with Crippen molar-refractivity contribution in [3.63, 3.8) is 0 Å². The smallest absolute Gasteiger partial charge is 0.257 e. The normalized spacial score (nSPS) is 10.6. The number of ether oxygens (including phenoxy) is 1. The number of rotatable bonds is 6. The highest BCUT2D eigenvalue weighted by Gasteiger charge is 2.22. The Morgan fingerprint density at radius 3 is 2.74 bits per heavy atom. The van der Waals surface area contributed by atoms with Crippen molar-refractivity contribution in [2.75, 3.05) is 26.1 Å². The van der Waals surface area contributed by atoms with Crippen LogP contribution < -0.4 is 4.74 Å². The Morgan fingerprint density at radius 1 is 1.53 bits per heavy atom. The van der Waals surface area contributed by atoms with Gasteiger partial charge in [0.2, 0.25) is 0 Å². The molecule has 0 aliphatic heterocycles. The minimum atomic E-state index is -2.67. The molecule has 0 spiro atoms. The first-order chi connectivity index (χ1) is 8.99. The number of carbonyl (C=O) groups excluding carboxylic acids is 1. The van der Waals surface area contributed by atoms with E-state index in [1.165, 1.54) is 25.3 Å². The molecular formula is C12H14ClF2NO3. The predicted octanol–water partition coefficient (Wildman–Crippen LogP) is 2.35. The van der Waals surface area contributed by atoms with Gasteiger partial charge in [0.05, 0.1) is 19.2 Å². The number of phenolic OH excluding ortho intramolecular Hbond substituents is 1. The summed E-state index contributed by atoms with van der Waals surface area (Å²) in [6.07, 6.45) is -2.67. The van der Waals surface area contributed by atoms with E-state index >= 15 is 0 Å². The van der Waals surface area contributed by atoms with Crippen LogP contribution in [0.1, 0.15) is 10.4 Å². The third kappa shape index (κ3) is 4.24. The van der Waals surface area contributed by atoms with Crippen molar-refractivity contribution in [1.82, 2.24) is 4.90 Å². The summed E-state index contributed by atoms with van der Waals surface area (Å²) >= 11 is 5.48. The molecule has 1 N–H and O–H groups in total. The summed E-state index contributed by atoms with van der Waals surface area (Å²) in [5, 5.41) is 9.63. The minimum absolute atomic E-state index is 0.0264. The fraction of sp³-hybridized carbons (Fsp3) is 0.417. The van der Waals surface area contributed by atoms with E-state index in [2.05, 4.69) is 0 Å². The van der Waals surface area contributed by atoms with Crippen LogP contribution in [-0.4, -0.2) is 48.4 Å². The number of carbonyl (C=O) groups is 1. The molecule has 0 aromatic heterocycles. The van der Waals surface area contributed by atoms with E-state index in [1.807, 2.05) is 0 Å². The van der Waals surface area contributed by atoms with Gasteiger partial charge in [0.1, 0.15) is 11.5 Å². The van der Waals surface area contributed by atoms with Gasteiger partial charge in [0, 0.05) is 12.4 Å². The van der Waals surface area contributed by atoms with Gasteiger partial charge in [0.25, 0.3) is 12.3 Å². The van der Waals surface area contributed by atoms with E-state index < -0.39 is 18.9 Å². The number of phenols is 1. The number of amides is 1. The lowest BCUT2D eigenvalue weighted by molar-refractivity contribution is 0.0568. The summed E-state index contributed by atoms with van der Waals surface area (Å²) in [5.41, 5.74) is -0.0925. The second kappa shape index (κ2) is 7.13. The highest BCUT2D eigenvalue weighted by molar-refractivity contribution is 6.18. The van der Waals surface area contributed by atoms with Gasteiger partial charge >= 0.3 is 0 Å². The fourth-order valence-corrected chi connectivity index (χ4v) is 1.73. The zero-order chi connectivity index (χ0) is 14.4. The van der Waals surface area contributed by atoms with Crippen LogP contribution in [0.4, 0.5) is 8.78 Å². The van der Waals surface area contributed by atoms with Crippen LogP contribution in [0.25, 0.3) is 0 Å². The lowest BCUT2D eigenvalue weighted by Crippen LogP contribution is -2.36. The molecule has 0 saturated carbocycles. The fourth-order valence-electron chi connectivity index (χ4n) is 1.53. The Morgan fingerprint density at radius 2 is 2.21 bits per heavy atom. The highest BCUT2D eigenvalue weighted by Crippen LogP contribution is 2.24. The van der Waals surface area contributed by atoms with Gasteiger partial charge in [-0.15, -0.1) is 11.6 Å². The first kappa shape index (κ1) is 15.5. The number of hydrogen-bond acceptors (Lipinski definition) is 3. The maximum absolute atomic E-state index is 12.4. The Balaban J connectivity index is 3.01. The topological polar surface area (TPSA) is 49.8 Å². The summed E-state index contributed by atoms with van der Waals surface area (Å²) in [6.45, 7) is -0.760. The lowest BCUT2D eigenvalue weighted by atomic mass is 10.1. The van der Waals surface area contributed by atoms with Gasteiger partial charge in [-0.3, -0.25) is 4.79 Å². The maximum atomic E-state index is 12.4. The standard InChI is InChI=1S/C12H14ClF2NO3/c1-19-8-2-3-10(17)9(6-8)12(18)16(5-4-13)7-11(14)15/h2-3,6,11,17H,4-5,7H2,1H3. The maximum Gasteiger partial charge on any atom is 0.257 e. The number of benzene rings is 1. The molecule has 1 amide bonds. The quantitative estimate of drug-likeness (QED) is 0.819. The van der Waals surface area contributed by atoms with E-state index in [0.29, 0.717) is 5.75 Å². The second-order valence-corrected chi connectivity index (χ2v) is 4.09. The second-order valence-electron chi connectivity index (χ2n) is 3.71. The molecule has 1 rings (SSSR count). The molecule has 1 aromatic rings. The number of hydrogen-bond donors (Lipinski definition) is 1. The average molecular weight is 294 g/mol. The minimum Gasteiger partial charge on any atom is -0.507 e. The number of alkyl halides is 3. The van der Waals surface area contributed by atoms with Crippen molar-refractivity contribution >= 4 is 17.5 Å². The van der Waals surface area contributed by atoms with E-state index in [4.69, 9.17) is 16.3 Å². The van der Waals surface area contributed by atoms with E-state index in [9.17, 15) is 18.7 Å². The van der Waals surface area contributed by atoms with E-state index in [0.717, 1.165) is 4.90 Å². The molecule has 0 fully saturated rings. The van der Waals surface area contributed by atoms with Crippen LogP contribution in [0.2, 0.25) is 0 Å².